The third-order valence-electron chi connectivity index (χ3n) is 2.24. The average molecular weight is 167 g/mol. The molecule has 1 saturated carbocycles. The first-order valence-corrected chi connectivity index (χ1v) is 3.23. The Labute approximate surface area is 74.3 Å². The lowest BCUT2D eigenvalue weighted by Gasteiger charge is -1.91. The summed E-state index contributed by atoms with van der Waals surface area (Å²) in [5.41, 5.74) is -3.52. The summed E-state index contributed by atoms with van der Waals surface area (Å²) in [5, 5.41) is 43.1. The normalized spacial score (nSPS) is 20.8. The van der Waals surface area contributed by atoms with Crippen molar-refractivity contribution < 1.29 is 0 Å². The highest BCUT2D eigenvalue weighted by atomic mass is 14.8. The first-order valence-electron chi connectivity index (χ1n) is 3.23. The Kier molecular flexibility index (Phi) is 1.46. The van der Waals surface area contributed by atoms with Gasteiger partial charge in [0.2, 0.25) is 0 Å². The molecule has 1 rings (SSSR count). The van der Waals surface area contributed by atoms with Crippen molar-refractivity contribution in [3.05, 3.63) is 0 Å². The lowest BCUT2D eigenvalue weighted by atomic mass is 9.98. The zero-order valence-corrected chi connectivity index (χ0v) is 6.31. The summed E-state index contributed by atoms with van der Waals surface area (Å²) in [6.07, 6.45) is 0. The van der Waals surface area contributed by atoms with E-state index in [0.717, 1.165) is 0 Å². The third-order valence-corrected chi connectivity index (χ3v) is 2.24. The van der Waals surface area contributed by atoms with Gasteiger partial charge in [-0.3, -0.25) is 0 Å². The van der Waals surface area contributed by atoms with Gasteiger partial charge >= 0.3 is 0 Å². The van der Waals surface area contributed by atoms with Crippen molar-refractivity contribution in [1.82, 2.24) is 0 Å². The molecule has 0 aliphatic heterocycles. The van der Waals surface area contributed by atoms with E-state index in [1.165, 1.54) is 0 Å². The van der Waals surface area contributed by atoms with Crippen LogP contribution in [-0.2, 0) is 0 Å². The van der Waals surface area contributed by atoms with E-state index in [9.17, 15) is 0 Å². The molecule has 0 aromatic rings. The van der Waals surface area contributed by atoms with Gasteiger partial charge in [-0.2, -0.15) is 26.3 Å². The van der Waals surface area contributed by atoms with Crippen LogP contribution in [0, 0.1) is 73.4 Å². The van der Waals surface area contributed by atoms with Gasteiger partial charge in [-0.05, 0) is 0 Å². The fourth-order valence-corrected chi connectivity index (χ4v) is 1.33. The molecule has 5 heteroatoms. The van der Waals surface area contributed by atoms with Crippen LogP contribution in [0.25, 0.3) is 0 Å². The molecule has 13 heavy (non-hydrogen) atoms. The van der Waals surface area contributed by atoms with Gasteiger partial charge in [0, 0.05) is 0 Å². The van der Waals surface area contributed by atoms with Crippen LogP contribution in [0.5, 0.6) is 0 Å². The highest BCUT2D eigenvalue weighted by Crippen LogP contribution is 2.67. The molecule has 0 heterocycles. The van der Waals surface area contributed by atoms with E-state index >= 15 is 0 Å². The van der Waals surface area contributed by atoms with E-state index in [1.807, 2.05) is 0 Å². The SMILES string of the molecule is N#CC1C(C#N)(C#N)C1(C#N)C#N. The Balaban J connectivity index is 3.36. The van der Waals surface area contributed by atoms with Crippen molar-refractivity contribution in [2.45, 2.75) is 0 Å². The zero-order chi connectivity index (χ0) is 10.1. The summed E-state index contributed by atoms with van der Waals surface area (Å²) in [5.74, 6) is -1.12. The van der Waals surface area contributed by atoms with Crippen LogP contribution in [0.1, 0.15) is 0 Å². The molecule has 0 aromatic heterocycles. The number of nitrogens with zero attached hydrogens (tertiary/aromatic N) is 5. The maximum atomic E-state index is 8.63. The zero-order valence-electron chi connectivity index (χ0n) is 6.31. The van der Waals surface area contributed by atoms with Crippen LogP contribution in [0.15, 0.2) is 0 Å². The van der Waals surface area contributed by atoms with E-state index in [2.05, 4.69) is 0 Å². The molecule has 0 amide bonds. The Morgan fingerprint density at radius 2 is 1.00 bits per heavy atom. The molecule has 0 saturated heterocycles. The summed E-state index contributed by atoms with van der Waals surface area (Å²) in [7, 11) is 0. The Morgan fingerprint density at radius 3 is 1.08 bits per heavy atom. The minimum atomic E-state index is -1.76. The fourth-order valence-electron chi connectivity index (χ4n) is 1.33. The number of hydrogen-bond donors (Lipinski definition) is 0. The lowest BCUT2D eigenvalue weighted by molar-refractivity contribution is 0.727. The molecular formula is C8HN5. The highest BCUT2D eigenvalue weighted by Gasteiger charge is 2.82. The van der Waals surface area contributed by atoms with Crippen LogP contribution in [0.2, 0.25) is 0 Å². The highest BCUT2D eigenvalue weighted by molar-refractivity contribution is 5.54. The average Bonchev–Trinajstić information content (AvgIpc) is 2.79. The van der Waals surface area contributed by atoms with Gasteiger partial charge in [0.25, 0.3) is 0 Å². The van der Waals surface area contributed by atoms with E-state index in [4.69, 9.17) is 26.3 Å². The topological polar surface area (TPSA) is 119 Å². The smallest absolute Gasteiger partial charge is 0.195 e. The van der Waals surface area contributed by atoms with Crippen molar-refractivity contribution in [1.29, 1.82) is 26.3 Å². The van der Waals surface area contributed by atoms with Gasteiger partial charge in [-0.25, -0.2) is 0 Å². The molecule has 0 spiro atoms. The Bertz CT molecular complexity index is 389. The molecule has 5 nitrogen and oxygen atoms in total. The molecule has 58 valence electrons. The summed E-state index contributed by atoms with van der Waals surface area (Å²) in [6.45, 7) is 0. The minimum absolute atomic E-state index is 1.12. The van der Waals surface area contributed by atoms with Crippen molar-refractivity contribution in [2.75, 3.05) is 0 Å². The van der Waals surface area contributed by atoms with Crippen LogP contribution >= 0.6 is 0 Å². The molecule has 1 aliphatic carbocycles. The number of hydrogen-bond acceptors (Lipinski definition) is 5. The third kappa shape index (κ3) is 0.566. The van der Waals surface area contributed by atoms with E-state index in [0.29, 0.717) is 0 Å². The molecule has 0 radical (unpaired) electrons. The van der Waals surface area contributed by atoms with E-state index in [1.54, 1.807) is 30.3 Å². The molecule has 1 aliphatic rings. The molecule has 0 bridgehead atoms. The summed E-state index contributed by atoms with van der Waals surface area (Å²) in [6, 6.07) is 7.90. The predicted molar refractivity (Wildman–Crippen MR) is 36.4 cm³/mol. The molecule has 0 atom stereocenters. The Hall–Kier alpha value is -2.55. The first kappa shape index (κ1) is 8.55. The quantitative estimate of drug-likeness (QED) is 0.510. The largest absolute Gasteiger partial charge is 0.198 e. The second-order valence-corrected chi connectivity index (χ2v) is 2.63. The van der Waals surface area contributed by atoms with Crippen molar-refractivity contribution >= 4 is 0 Å². The van der Waals surface area contributed by atoms with E-state index < -0.39 is 16.7 Å². The minimum Gasteiger partial charge on any atom is -0.198 e. The lowest BCUT2D eigenvalue weighted by Crippen LogP contribution is -2.05. The standard InChI is InChI=1S/C8HN5/c9-1-6-7(2-10,3-11)8(6,4-12)5-13/h6H. The molecule has 0 N–H and O–H groups in total. The molecule has 0 unspecified atom stereocenters. The van der Waals surface area contributed by atoms with E-state index in [-0.39, 0.29) is 0 Å². The molecule has 1 fully saturated rings. The van der Waals surface area contributed by atoms with Crippen LogP contribution in [0.4, 0.5) is 0 Å². The van der Waals surface area contributed by atoms with Gasteiger partial charge in [0.1, 0.15) is 5.92 Å². The van der Waals surface area contributed by atoms with Gasteiger partial charge < -0.3 is 0 Å². The van der Waals surface area contributed by atoms with Crippen molar-refractivity contribution in [3.8, 4) is 30.3 Å². The summed E-state index contributed by atoms with van der Waals surface area (Å²) < 4.78 is 0. The maximum Gasteiger partial charge on any atom is 0.195 e. The monoisotopic (exact) mass is 167 g/mol. The van der Waals surface area contributed by atoms with Crippen LogP contribution in [0.3, 0.4) is 0 Å². The molecule has 0 aromatic carbocycles. The fraction of sp³-hybridized carbons (Fsp3) is 0.375. The van der Waals surface area contributed by atoms with Gasteiger partial charge in [-0.1, -0.05) is 0 Å². The van der Waals surface area contributed by atoms with Crippen LogP contribution < -0.4 is 0 Å². The second kappa shape index (κ2) is 2.22. The summed E-state index contributed by atoms with van der Waals surface area (Å²) >= 11 is 0. The van der Waals surface area contributed by atoms with Gasteiger partial charge in [0.05, 0.1) is 30.3 Å². The summed E-state index contributed by atoms with van der Waals surface area (Å²) in [4.78, 5) is 0. The first-order chi connectivity index (χ1) is 6.19. The van der Waals surface area contributed by atoms with Gasteiger partial charge in [0.15, 0.2) is 10.8 Å². The Morgan fingerprint density at radius 1 is 0.692 bits per heavy atom. The van der Waals surface area contributed by atoms with Crippen molar-refractivity contribution in [3.63, 3.8) is 0 Å². The van der Waals surface area contributed by atoms with Gasteiger partial charge in [-0.15, -0.1) is 0 Å². The second-order valence-electron chi connectivity index (χ2n) is 2.63. The van der Waals surface area contributed by atoms with Crippen molar-refractivity contribution in [2.24, 2.45) is 16.7 Å². The predicted octanol–water partition coefficient (Wildman–Crippen LogP) is 0.207. The number of rotatable bonds is 0. The molecular weight excluding hydrogens is 166 g/mol. The van der Waals surface area contributed by atoms with Crippen LogP contribution in [-0.4, -0.2) is 0 Å². The number of nitriles is 5. The maximum absolute atomic E-state index is 8.63.